The maximum atomic E-state index is 12.5. The summed E-state index contributed by atoms with van der Waals surface area (Å²) in [5.74, 6) is -1.28. The van der Waals surface area contributed by atoms with Crippen LogP contribution in [0.4, 0.5) is 0 Å². The van der Waals surface area contributed by atoms with E-state index in [4.69, 9.17) is 55.9 Å². The van der Waals surface area contributed by atoms with E-state index in [1.54, 1.807) is 19.1 Å². The van der Waals surface area contributed by atoms with Gasteiger partial charge in [0, 0.05) is 10.6 Å². The van der Waals surface area contributed by atoms with Crippen LogP contribution in [0.5, 0.6) is 11.5 Å². The molecule has 0 saturated carbocycles. The van der Waals surface area contributed by atoms with Crippen LogP contribution in [0.2, 0.25) is 20.1 Å². The predicted octanol–water partition coefficient (Wildman–Crippen LogP) is 5.80. The monoisotopic (exact) mass is 581 g/mol. The Morgan fingerprint density at radius 2 is 1.68 bits per heavy atom. The van der Waals surface area contributed by atoms with Crippen LogP contribution in [0, 0.1) is 0 Å². The molecule has 0 fully saturated rings. The van der Waals surface area contributed by atoms with Crippen molar-refractivity contribution in [1.82, 2.24) is 10.7 Å². The molecule has 0 aliphatic rings. The standard InChI is InChI=1S/C25H19Cl4N3O5/c1-2-36-22-9-14(3-8-21(22)37-25(35)17-6-5-16(26)11-19(17)28)12-31-32-23(33)13-30-24(34)15-4-7-18(27)20(29)10-15/h3-12H,2,13H2,1H3,(H,30,34)(H,32,33)/b31-12-. The zero-order valence-corrected chi connectivity index (χ0v) is 22.2. The van der Waals surface area contributed by atoms with E-state index in [1.807, 2.05) is 0 Å². The predicted molar refractivity (Wildman–Crippen MR) is 144 cm³/mol. The van der Waals surface area contributed by atoms with Gasteiger partial charge < -0.3 is 14.8 Å². The molecular formula is C25H19Cl4N3O5. The number of nitrogens with zero attached hydrogens (tertiary/aromatic N) is 1. The third kappa shape index (κ3) is 8.10. The van der Waals surface area contributed by atoms with Crippen LogP contribution in [-0.2, 0) is 4.79 Å². The molecule has 3 rings (SSSR count). The quantitative estimate of drug-likeness (QED) is 0.144. The summed E-state index contributed by atoms with van der Waals surface area (Å²) in [6.45, 7) is 1.76. The van der Waals surface area contributed by atoms with Gasteiger partial charge in [0.2, 0.25) is 0 Å². The number of carbonyl (C=O) groups is 3. The van der Waals surface area contributed by atoms with Crippen molar-refractivity contribution in [3.63, 3.8) is 0 Å². The maximum Gasteiger partial charge on any atom is 0.345 e. The number of nitrogens with one attached hydrogen (secondary N) is 2. The van der Waals surface area contributed by atoms with E-state index in [-0.39, 0.29) is 39.2 Å². The second kappa shape index (κ2) is 13.3. The summed E-state index contributed by atoms with van der Waals surface area (Å²) >= 11 is 23.7. The molecule has 2 amide bonds. The maximum absolute atomic E-state index is 12.5. The number of carbonyl (C=O) groups excluding carboxylic acids is 3. The fraction of sp³-hybridized carbons (Fsp3) is 0.120. The number of benzene rings is 3. The number of hydrazone groups is 1. The summed E-state index contributed by atoms with van der Waals surface area (Å²) < 4.78 is 11.0. The molecule has 0 aliphatic carbocycles. The highest BCUT2D eigenvalue weighted by molar-refractivity contribution is 6.42. The molecule has 37 heavy (non-hydrogen) atoms. The van der Waals surface area contributed by atoms with Crippen molar-refractivity contribution in [2.75, 3.05) is 13.2 Å². The number of hydrogen-bond acceptors (Lipinski definition) is 6. The lowest BCUT2D eigenvalue weighted by molar-refractivity contribution is -0.120. The minimum atomic E-state index is -0.681. The smallest absolute Gasteiger partial charge is 0.345 e. The first-order chi connectivity index (χ1) is 17.7. The van der Waals surface area contributed by atoms with Crippen molar-refractivity contribution in [3.05, 3.63) is 91.4 Å². The largest absolute Gasteiger partial charge is 0.490 e. The number of esters is 1. The van der Waals surface area contributed by atoms with Crippen LogP contribution in [0.1, 0.15) is 33.2 Å². The Hall–Kier alpha value is -3.30. The van der Waals surface area contributed by atoms with Gasteiger partial charge in [0.15, 0.2) is 11.5 Å². The molecule has 8 nitrogen and oxygen atoms in total. The minimum absolute atomic E-state index is 0.146. The Morgan fingerprint density at radius 3 is 2.38 bits per heavy atom. The molecule has 0 atom stereocenters. The molecular weight excluding hydrogens is 564 g/mol. The average Bonchev–Trinajstić information content (AvgIpc) is 2.85. The molecule has 0 bridgehead atoms. The van der Waals surface area contributed by atoms with Crippen molar-refractivity contribution >= 4 is 70.4 Å². The van der Waals surface area contributed by atoms with E-state index in [9.17, 15) is 14.4 Å². The van der Waals surface area contributed by atoms with E-state index >= 15 is 0 Å². The van der Waals surface area contributed by atoms with Gasteiger partial charge >= 0.3 is 5.97 Å². The lowest BCUT2D eigenvalue weighted by atomic mass is 10.2. The Kier molecular flexibility index (Phi) is 10.2. The van der Waals surface area contributed by atoms with Gasteiger partial charge in [-0.25, -0.2) is 10.2 Å². The lowest BCUT2D eigenvalue weighted by Gasteiger charge is -2.12. The third-order valence-corrected chi connectivity index (χ3v) is 5.90. The number of ether oxygens (including phenoxy) is 2. The van der Waals surface area contributed by atoms with Crippen molar-refractivity contribution in [2.24, 2.45) is 5.10 Å². The Labute approximate surface area is 232 Å². The fourth-order valence-electron chi connectivity index (χ4n) is 2.89. The highest BCUT2D eigenvalue weighted by Crippen LogP contribution is 2.30. The molecule has 3 aromatic rings. The summed E-state index contributed by atoms with van der Waals surface area (Å²) in [6, 6.07) is 13.5. The summed E-state index contributed by atoms with van der Waals surface area (Å²) in [6.07, 6.45) is 1.36. The van der Waals surface area contributed by atoms with Crippen LogP contribution in [0.25, 0.3) is 0 Å². The Balaban J connectivity index is 1.59. The van der Waals surface area contributed by atoms with Gasteiger partial charge in [-0.05, 0) is 67.1 Å². The topological polar surface area (TPSA) is 106 Å². The Bertz CT molecular complexity index is 1360. The molecule has 192 valence electrons. The first kappa shape index (κ1) is 28.3. The van der Waals surface area contributed by atoms with Gasteiger partial charge in [0.1, 0.15) is 0 Å². The number of rotatable bonds is 9. The average molecular weight is 583 g/mol. The van der Waals surface area contributed by atoms with E-state index in [0.29, 0.717) is 22.2 Å². The summed E-state index contributed by atoms with van der Waals surface area (Å²) in [5.41, 5.74) is 3.26. The molecule has 0 unspecified atom stereocenters. The number of hydrogen-bond donors (Lipinski definition) is 2. The van der Waals surface area contributed by atoms with Gasteiger partial charge in [-0.2, -0.15) is 5.10 Å². The number of amides is 2. The zero-order chi connectivity index (χ0) is 26.9. The molecule has 0 aromatic heterocycles. The normalized spacial score (nSPS) is 10.7. The van der Waals surface area contributed by atoms with Crippen LogP contribution >= 0.6 is 46.4 Å². The van der Waals surface area contributed by atoms with Crippen molar-refractivity contribution < 1.29 is 23.9 Å². The summed E-state index contributed by atoms with van der Waals surface area (Å²) in [7, 11) is 0. The molecule has 0 spiro atoms. The third-order valence-electron chi connectivity index (χ3n) is 4.62. The highest BCUT2D eigenvalue weighted by atomic mass is 35.5. The fourth-order valence-corrected chi connectivity index (χ4v) is 3.67. The highest BCUT2D eigenvalue weighted by Gasteiger charge is 2.16. The van der Waals surface area contributed by atoms with Crippen molar-refractivity contribution in [2.45, 2.75) is 6.92 Å². The lowest BCUT2D eigenvalue weighted by Crippen LogP contribution is -2.34. The molecule has 0 radical (unpaired) electrons. The minimum Gasteiger partial charge on any atom is -0.490 e. The van der Waals surface area contributed by atoms with Crippen molar-refractivity contribution in [3.8, 4) is 11.5 Å². The van der Waals surface area contributed by atoms with Crippen molar-refractivity contribution in [1.29, 1.82) is 0 Å². The van der Waals surface area contributed by atoms with Crippen LogP contribution in [0.15, 0.2) is 59.7 Å². The molecule has 0 aliphatic heterocycles. The molecule has 12 heteroatoms. The first-order valence-corrected chi connectivity index (χ1v) is 12.2. The second-order valence-electron chi connectivity index (χ2n) is 7.26. The second-order valence-corrected chi connectivity index (χ2v) is 8.92. The summed E-state index contributed by atoms with van der Waals surface area (Å²) in [5, 5.41) is 7.41. The molecule has 0 saturated heterocycles. The van der Waals surface area contributed by atoms with Gasteiger partial charge in [0.25, 0.3) is 11.8 Å². The first-order valence-electron chi connectivity index (χ1n) is 10.7. The zero-order valence-electron chi connectivity index (χ0n) is 19.2. The van der Waals surface area contributed by atoms with Gasteiger partial charge in [-0.15, -0.1) is 0 Å². The van der Waals surface area contributed by atoms with Crippen LogP contribution in [0.3, 0.4) is 0 Å². The Morgan fingerprint density at radius 1 is 0.892 bits per heavy atom. The molecule has 0 heterocycles. The van der Waals surface area contributed by atoms with E-state index < -0.39 is 17.8 Å². The SMILES string of the molecule is CCOc1cc(/C=N\NC(=O)CNC(=O)c2ccc(Cl)c(Cl)c2)ccc1OC(=O)c1ccc(Cl)cc1Cl. The molecule has 3 aromatic carbocycles. The van der Waals surface area contributed by atoms with Crippen LogP contribution in [-0.4, -0.2) is 37.1 Å². The van der Waals surface area contributed by atoms with E-state index in [0.717, 1.165) is 0 Å². The van der Waals surface area contributed by atoms with Gasteiger partial charge in [0.05, 0.1) is 40.0 Å². The van der Waals surface area contributed by atoms with Gasteiger partial charge in [-0.3, -0.25) is 9.59 Å². The van der Waals surface area contributed by atoms with E-state index in [2.05, 4.69) is 15.8 Å². The number of halogens is 4. The van der Waals surface area contributed by atoms with E-state index in [1.165, 1.54) is 48.7 Å². The van der Waals surface area contributed by atoms with Gasteiger partial charge in [-0.1, -0.05) is 46.4 Å². The summed E-state index contributed by atoms with van der Waals surface area (Å²) in [4.78, 5) is 36.7. The molecule has 2 N–H and O–H groups in total. The van der Waals surface area contributed by atoms with Crippen LogP contribution < -0.4 is 20.2 Å².